The lowest BCUT2D eigenvalue weighted by Gasteiger charge is -2.31. The van der Waals surface area contributed by atoms with Crippen LogP contribution in [0.25, 0.3) is 32.7 Å². The maximum Gasteiger partial charge on any atom is 0.311 e. The second-order valence-corrected chi connectivity index (χ2v) is 27.2. The molecule has 0 saturated heterocycles. The highest BCUT2D eigenvalue weighted by Crippen LogP contribution is 2.59. The van der Waals surface area contributed by atoms with Gasteiger partial charge in [0.1, 0.15) is 23.2 Å². The number of Topliss-reactive ketones (excluding diaryl/α,β-unsaturated/α-hetero) is 1. The van der Waals surface area contributed by atoms with Gasteiger partial charge < -0.3 is 9.47 Å². The van der Waals surface area contributed by atoms with E-state index in [0.717, 1.165) is 115 Å². The Bertz CT molecular complexity index is 3490. The average molecular weight is 1150 g/mol. The van der Waals surface area contributed by atoms with Gasteiger partial charge in [0.15, 0.2) is 0 Å². The van der Waals surface area contributed by atoms with Crippen LogP contribution in [-0.2, 0) is 30.3 Å². The highest BCUT2D eigenvalue weighted by Gasteiger charge is 2.51. The number of rotatable bonds is 11. The summed E-state index contributed by atoms with van der Waals surface area (Å²) in [4.78, 5) is 50.3. The SMILES string of the molecule is CC(C)(C(=O)Cc1ccc(Cl)cc1)C1C[C@H]2CC(c3ccnc4ccc(F)cc34)C[C@H]2C1.COC(=O)C(C)(C)C1C[C@H]2CC(c3ccnc4ccc(F)cc34)C[C@H]2C1.COC(=O)C(C)C1C[C@H]2CC(c3ccnc4ccc(F)cc34)C[C@H]2C1. The van der Waals surface area contributed by atoms with E-state index in [1.165, 1.54) is 49.1 Å². The van der Waals surface area contributed by atoms with Crippen molar-refractivity contribution in [3.8, 4) is 0 Å². The van der Waals surface area contributed by atoms with Crippen LogP contribution in [0.5, 0.6) is 0 Å². The monoisotopic (exact) mass is 1150 g/mol. The number of fused-ring (bicyclic) bond motifs is 6. The van der Waals surface area contributed by atoms with Gasteiger partial charge in [-0.25, -0.2) is 13.2 Å². The number of benzene rings is 4. The number of pyridine rings is 3. The Morgan fingerprint density at radius 3 is 1.23 bits per heavy atom. The lowest BCUT2D eigenvalue weighted by molar-refractivity contribution is -0.154. The van der Waals surface area contributed by atoms with Crippen molar-refractivity contribution in [1.82, 2.24) is 15.0 Å². The van der Waals surface area contributed by atoms with E-state index in [-0.39, 0.29) is 40.7 Å². The fraction of sp³-hybridized carbons (Fsp3) is 0.493. The third-order valence-corrected chi connectivity index (χ3v) is 21.9. The van der Waals surface area contributed by atoms with Gasteiger partial charge in [0.25, 0.3) is 0 Å². The number of methoxy groups -OCH3 is 2. The van der Waals surface area contributed by atoms with Crippen LogP contribution in [0.2, 0.25) is 5.02 Å². The number of nitrogens with zero attached hydrogens (tertiary/aromatic N) is 3. The minimum absolute atomic E-state index is 0.00935. The van der Waals surface area contributed by atoms with Gasteiger partial charge in [0, 0.05) is 51.6 Å². The lowest BCUT2D eigenvalue weighted by atomic mass is 9.71. The Morgan fingerprint density at radius 2 is 0.867 bits per heavy atom. The number of ketones is 1. The summed E-state index contributed by atoms with van der Waals surface area (Å²) in [5.74, 6) is 6.04. The first-order chi connectivity index (χ1) is 39.8. The molecule has 83 heavy (non-hydrogen) atoms. The molecule has 6 saturated carbocycles. The van der Waals surface area contributed by atoms with E-state index in [0.29, 0.717) is 88.2 Å². The van der Waals surface area contributed by atoms with Crippen LogP contribution in [0.4, 0.5) is 13.2 Å². The van der Waals surface area contributed by atoms with Gasteiger partial charge in [-0.15, -0.1) is 0 Å². The van der Waals surface area contributed by atoms with Crippen molar-refractivity contribution in [2.75, 3.05) is 14.2 Å². The minimum atomic E-state index is -0.416. The second-order valence-electron chi connectivity index (χ2n) is 26.8. The number of aromatic nitrogens is 3. The van der Waals surface area contributed by atoms with Crippen LogP contribution in [0, 0.1) is 87.5 Å². The number of carbonyl (C=O) groups is 3. The molecule has 0 radical (unpaired) electrons. The van der Waals surface area contributed by atoms with Gasteiger partial charge >= 0.3 is 11.9 Å². The molecule has 0 aliphatic heterocycles. The minimum Gasteiger partial charge on any atom is -0.469 e. The third-order valence-electron chi connectivity index (χ3n) is 21.6. The molecule has 6 fully saturated rings. The number of hydrogen-bond acceptors (Lipinski definition) is 8. The number of ether oxygens (including phenoxy) is 2. The molecule has 0 bridgehead atoms. The standard InChI is InChI=1S/C28H29ClFNO.C22H26FNO2.C21H24FNO2/c1-28(2,27(32)11-17-3-5-22(29)6-4-17)21-14-18-12-20(13-19(18)15-21)24-9-10-31-26-8-7-23(30)16-25(24)26;1-22(2,21(25)26-3)16-10-13-8-15(9-14(13)11-16)18-6-7-24-20-5-4-17(23)12-19(18)20;1-12(21(24)25-2)13-7-14-9-16(10-15(14)8-13)18-5-6-23-20-4-3-17(22)11-19(18)20/h3-10,16,18-21H,11-15H2,1-2H3;4-7,12-16H,8-11H2,1-3H3;3-6,11-16H,7-10H2,1-2H3/t18-,19+,20?,21?;13-,14+,15?,16?;12?,13?,14-,15+,16?. The first-order valence-corrected chi connectivity index (χ1v) is 30.7. The Balaban J connectivity index is 0.000000132. The van der Waals surface area contributed by atoms with Crippen LogP contribution in [0.15, 0.2) is 116 Å². The topological polar surface area (TPSA) is 108 Å². The van der Waals surface area contributed by atoms with Crippen LogP contribution < -0.4 is 0 Å². The number of halogens is 4. The predicted octanol–water partition coefficient (Wildman–Crippen LogP) is 17.2. The van der Waals surface area contributed by atoms with Crippen LogP contribution in [0.1, 0.15) is 152 Å². The van der Waals surface area contributed by atoms with Gasteiger partial charge in [-0.05, 0) is 269 Å². The van der Waals surface area contributed by atoms with Crippen molar-refractivity contribution in [2.24, 2.45) is 70.0 Å². The van der Waals surface area contributed by atoms with E-state index in [1.54, 1.807) is 36.4 Å². The van der Waals surface area contributed by atoms with Crippen LogP contribution >= 0.6 is 11.6 Å². The maximum atomic E-state index is 13.9. The number of hydrogen-bond donors (Lipinski definition) is 0. The third kappa shape index (κ3) is 12.1. The van der Waals surface area contributed by atoms with Crippen molar-refractivity contribution in [2.45, 2.75) is 136 Å². The molecule has 0 amide bonds. The molecule has 6 aliphatic carbocycles. The summed E-state index contributed by atoms with van der Waals surface area (Å²) >= 11 is 5.99. The normalized spacial score (nSPS) is 27.5. The summed E-state index contributed by atoms with van der Waals surface area (Å²) in [6.07, 6.45) is 19.3. The highest BCUT2D eigenvalue weighted by atomic mass is 35.5. The molecule has 6 aliphatic rings. The van der Waals surface area contributed by atoms with Crippen molar-refractivity contribution < 1.29 is 37.0 Å². The first-order valence-electron chi connectivity index (χ1n) is 30.3. The summed E-state index contributed by atoms with van der Waals surface area (Å²) in [5, 5.41) is 3.55. The fourth-order valence-electron chi connectivity index (χ4n) is 16.8. The Labute approximate surface area is 492 Å². The van der Waals surface area contributed by atoms with Crippen molar-refractivity contribution >= 4 is 62.0 Å². The highest BCUT2D eigenvalue weighted by molar-refractivity contribution is 6.30. The second kappa shape index (κ2) is 24.0. The predicted molar refractivity (Wildman–Crippen MR) is 321 cm³/mol. The number of esters is 2. The van der Waals surface area contributed by atoms with Crippen LogP contribution in [-0.4, -0.2) is 46.9 Å². The zero-order chi connectivity index (χ0) is 58.5. The Morgan fingerprint density at radius 1 is 0.506 bits per heavy atom. The smallest absolute Gasteiger partial charge is 0.311 e. The molecule has 3 heterocycles. The molecule has 0 spiro atoms. The summed E-state index contributed by atoms with van der Waals surface area (Å²) in [6, 6.07) is 28.4. The van der Waals surface area contributed by atoms with Gasteiger partial charge in [-0.3, -0.25) is 29.3 Å². The van der Waals surface area contributed by atoms with E-state index >= 15 is 0 Å². The molecule has 7 unspecified atom stereocenters. The van der Waals surface area contributed by atoms with Crippen molar-refractivity contribution in [1.29, 1.82) is 0 Å². The fourth-order valence-corrected chi connectivity index (χ4v) is 16.9. The van der Waals surface area contributed by atoms with Gasteiger partial charge in [-0.2, -0.15) is 0 Å². The zero-order valence-electron chi connectivity index (χ0n) is 49.1. The van der Waals surface area contributed by atoms with E-state index in [9.17, 15) is 27.6 Å². The quantitative estimate of drug-likeness (QED) is 0.118. The molecule has 436 valence electrons. The number of carbonyl (C=O) groups excluding carboxylic acids is 3. The molecule has 7 aromatic rings. The lowest BCUT2D eigenvalue weighted by Crippen LogP contribution is -2.33. The van der Waals surface area contributed by atoms with E-state index in [4.69, 9.17) is 21.1 Å². The van der Waals surface area contributed by atoms with E-state index in [2.05, 4.69) is 47.0 Å². The van der Waals surface area contributed by atoms with Crippen molar-refractivity contribution in [3.05, 3.63) is 160 Å². The molecular weight excluding hydrogens is 1070 g/mol. The Hall–Kier alpha value is -6.20. The summed E-state index contributed by atoms with van der Waals surface area (Å²) in [5.41, 5.74) is 6.59. The largest absolute Gasteiger partial charge is 0.469 e. The average Bonchev–Trinajstić information content (AvgIpc) is 4.52. The molecular formula is C71H79ClF3N3O5. The molecule has 0 N–H and O–H groups in total. The molecule has 12 heteroatoms. The van der Waals surface area contributed by atoms with E-state index in [1.807, 2.05) is 63.6 Å². The molecule has 4 aromatic carbocycles. The van der Waals surface area contributed by atoms with E-state index < -0.39 is 5.41 Å². The molecule has 13 rings (SSSR count). The van der Waals surface area contributed by atoms with Crippen molar-refractivity contribution in [3.63, 3.8) is 0 Å². The van der Waals surface area contributed by atoms with Crippen LogP contribution in [0.3, 0.4) is 0 Å². The summed E-state index contributed by atoms with van der Waals surface area (Å²) in [6.45, 7) is 10.3. The molecule has 13 atom stereocenters. The van der Waals surface area contributed by atoms with Gasteiger partial charge in [0.05, 0.1) is 42.1 Å². The summed E-state index contributed by atoms with van der Waals surface area (Å²) < 4.78 is 51.3. The molecule has 3 aromatic heterocycles. The maximum absolute atomic E-state index is 13.9. The first kappa shape index (κ1) is 58.6. The van der Waals surface area contributed by atoms with Gasteiger partial charge in [0.2, 0.25) is 0 Å². The molecule has 8 nitrogen and oxygen atoms in total. The van der Waals surface area contributed by atoms with Gasteiger partial charge in [-0.1, -0.05) is 44.5 Å². The Kier molecular flexibility index (Phi) is 17.0. The summed E-state index contributed by atoms with van der Waals surface area (Å²) in [7, 11) is 2.95. The zero-order valence-corrected chi connectivity index (χ0v) is 49.8.